The average Bonchev–Trinajstić information content (AvgIpc) is 3.00. The molecule has 1 N–H and O–H groups in total. The maximum Gasteiger partial charge on any atom is 0.445 e. The fourth-order valence-electron chi connectivity index (χ4n) is 1.64. The van der Waals surface area contributed by atoms with Crippen LogP contribution in [0.3, 0.4) is 0 Å². The van der Waals surface area contributed by atoms with Crippen molar-refractivity contribution in [2.45, 2.75) is 6.18 Å². The molecule has 10 heteroatoms. The minimum absolute atomic E-state index is 0.0507. The molecule has 118 valence electrons. The first-order valence-corrected chi connectivity index (χ1v) is 7.00. The molecule has 5 nitrogen and oxygen atoms in total. The molecular weight excluding hydrogens is 334 g/mol. The van der Waals surface area contributed by atoms with Crippen LogP contribution in [0.5, 0.6) is 0 Å². The second kappa shape index (κ2) is 5.88. The molecule has 2 aromatic heterocycles. The van der Waals surface area contributed by atoms with Crippen molar-refractivity contribution < 1.29 is 17.6 Å². The van der Waals surface area contributed by atoms with Gasteiger partial charge < -0.3 is 5.32 Å². The van der Waals surface area contributed by atoms with Gasteiger partial charge in [0.25, 0.3) is 0 Å². The van der Waals surface area contributed by atoms with E-state index in [4.69, 9.17) is 0 Å². The van der Waals surface area contributed by atoms with Crippen molar-refractivity contribution in [3.63, 3.8) is 0 Å². The number of para-hydroxylation sites is 1. The SMILES string of the molecule is Fc1ccccc1Nc1ncc(-c2nnc(C(F)(F)F)s2)cn1. The molecule has 0 saturated carbocycles. The van der Waals surface area contributed by atoms with Crippen molar-refractivity contribution in [2.24, 2.45) is 0 Å². The van der Waals surface area contributed by atoms with E-state index in [0.29, 0.717) is 11.3 Å². The molecule has 0 aliphatic rings. The van der Waals surface area contributed by atoms with Crippen LogP contribution >= 0.6 is 11.3 Å². The maximum atomic E-state index is 13.5. The Morgan fingerprint density at radius 1 is 1.00 bits per heavy atom. The molecule has 0 saturated heterocycles. The van der Waals surface area contributed by atoms with Crippen LogP contribution in [0.1, 0.15) is 5.01 Å². The van der Waals surface area contributed by atoms with Crippen LogP contribution in [0, 0.1) is 5.82 Å². The summed E-state index contributed by atoms with van der Waals surface area (Å²) in [6.45, 7) is 0. The van der Waals surface area contributed by atoms with E-state index in [1.807, 2.05) is 0 Å². The summed E-state index contributed by atoms with van der Waals surface area (Å²) in [5.74, 6) is -0.362. The third kappa shape index (κ3) is 3.42. The van der Waals surface area contributed by atoms with Crippen molar-refractivity contribution in [2.75, 3.05) is 5.32 Å². The van der Waals surface area contributed by atoms with Gasteiger partial charge >= 0.3 is 6.18 Å². The molecule has 0 bridgehead atoms. The molecule has 3 rings (SSSR count). The van der Waals surface area contributed by atoms with Crippen molar-refractivity contribution in [3.05, 3.63) is 47.5 Å². The Balaban J connectivity index is 1.80. The second-order valence-corrected chi connectivity index (χ2v) is 5.29. The van der Waals surface area contributed by atoms with Gasteiger partial charge in [0.2, 0.25) is 11.0 Å². The first-order valence-electron chi connectivity index (χ1n) is 6.18. The van der Waals surface area contributed by atoms with E-state index in [1.165, 1.54) is 30.6 Å². The van der Waals surface area contributed by atoms with Gasteiger partial charge in [-0.15, -0.1) is 10.2 Å². The minimum Gasteiger partial charge on any atom is -0.322 e. The Bertz CT molecular complexity index is 816. The number of aromatic nitrogens is 4. The van der Waals surface area contributed by atoms with Gasteiger partial charge in [-0.25, -0.2) is 14.4 Å². The molecule has 3 aromatic rings. The van der Waals surface area contributed by atoms with Crippen LogP contribution in [-0.4, -0.2) is 20.2 Å². The molecule has 23 heavy (non-hydrogen) atoms. The summed E-state index contributed by atoms with van der Waals surface area (Å²) in [5, 5.41) is 8.24. The zero-order valence-corrected chi connectivity index (χ0v) is 12.0. The first kappa shape index (κ1) is 15.3. The second-order valence-electron chi connectivity index (χ2n) is 4.31. The van der Waals surface area contributed by atoms with Crippen molar-refractivity contribution in [3.8, 4) is 10.6 Å². The summed E-state index contributed by atoms with van der Waals surface area (Å²) in [7, 11) is 0. The Kier molecular flexibility index (Phi) is 3.90. The average molecular weight is 341 g/mol. The highest BCUT2D eigenvalue weighted by molar-refractivity contribution is 7.14. The van der Waals surface area contributed by atoms with Gasteiger partial charge in [0.15, 0.2) is 5.01 Å². The van der Waals surface area contributed by atoms with Crippen LogP contribution in [0.25, 0.3) is 10.6 Å². The molecule has 0 aliphatic heterocycles. The quantitative estimate of drug-likeness (QED) is 0.732. The summed E-state index contributed by atoms with van der Waals surface area (Å²) < 4.78 is 51.0. The first-order chi connectivity index (χ1) is 10.9. The Morgan fingerprint density at radius 3 is 2.30 bits per heavy atom. The zero-order valence-electron chi connectivity index (χ0n) is 11.2. The van der Waals surface area contributed by atoms with Crippen LogP contribution in [0.15, 0.2) is 36.7 Å². The van der Waals surface area contributed by atoms with Crippen LogP contribution in [-0.2, 0) is 6.18 Å². The highest BCUT2D eigenvalue weighted by Gasteiger charge is 2.35. The van der Waals surface area contributed by atoms with E-state index in [-0.39, 0.29) is 22.2 Å². The van der Waals surface area contributed by atoms with Crippen molar-refractivity contribution in [1.82, 2.24) is 20.2 Å². The Morgan fingerprint density at radius 2 is 1.70 bits per heavy atom. The number of nitrogens with zero attached hydrogens (tertiary/aromatic N) is 4. The highest BCUT2D eigenvalue weighted by Crippen LogP contribution is 2.34. The fraction of sp³-hybridized carbons (Fsp3) is 0.0769. The van der Waals surface area contributed by atoms with E-state index >= 15 is 0 Å². The van der Waals surface area contributed by atoms with Gasteiger partial charge in [-0.2, -0.15) is 13.2 Å². The third-order valence-electron chi connectivity index (χ3n) is 2.69. The molecule has 2 heterocycles. The summed E-state index contributed by atoms with van der Waals surface area (Å²) >= 11 is 0.398. The zero-order chi connectivity index (χ0) is 16.4. The maximum absolute atomic E-state index is 13.5. The molecule has 0 atom stereocenters. The van der Waals surface area contributed by atoms with Gasteiger partial charge in [-0.05, 0) is 12.1 Å². The molecule has 0 spiro atoms. The number of benzene rings is 1. The number of rotatable bonds is 3. The van der Waals surface area contributed by atoms with E-state index < -0.39 is 17.0 Å². The summed E-state index contributed by atoms with van der Waals surface area (Å²) in [6, 6.07) is 5.96. The smallest absolute Gasteiger partial charge is 0.322 e. The number of hydrogen-bond acceptors (Lipinski definition) is 6. The molecule has 0 radical (unpaired) electrons. The number of nitrogens with one attached hydrogen (secondary N) is 1. The number of halogens is 4. The normalized spacial score (nSPS) is 11.5. The lowest BCUT2D eigenvalue weighted by molar-refractivity contribution is -0.138. The van der Waals surface area contributed by atoms with Crippen molar-refractivity contribution >= 4 is 23.0 Å². The van der Waals surface area contributed by atoms with Crippen molar-refractivity contribution in [1.29, 1.82) is 0 Å². The molecular formula is C13H7F4N5S. The molecule has 0 amide bonds. The number of alkyl halides is 3. The van der Waals surface area contributed by atoms with Gasteiger partial charge in [-0.3, -0.25) is 0 Å². The summed E-state index contributed by atoms with van der Waals surface area (Å²) in [6.07, 6.45) is -1.96. The minimum atomic E-state index is -4.54. The number of anilines is 2. The predicted octanol–water partition coefficient (Wildman–Crippen LogP) is 3.90. The largest absolute Gasteiger partial charge is 0.445 e. The Hall–Kier alpha value is -2.62. The summed E-state index contributed by atoms with van der Waals surface area (Å²) in [5.41, 5.74) is 0.479. The van der Waals surface area contributed by atoms with Gasteiger partial charge in [-0.1, -0.05) is 23.5 Å². The highest BCUT2D eigenvalue weighted by atomic mass is 32.1. The lowest BCUT2D eigenvalue weighted by Gasteiger charge is -2.05. The predicted molar refractivity (Wildman–Crippen MR) is 75.6 cm³/mol. The van der Waals surface area contributed by atoms with Gasteiger partial charge in [0, 0.05) is 18.0 Å². The topological polar surface area (TPSA) is 63.6 Å². The van der Waals surface area contributed by atoms with Gasteiger partial charge in [0.05, 0.1) is 5.69 Å². The molecule has 0 unspecified atom stereocenters. The Labute approximate surface area is 131 Å². The van der Waals surface area contributed by atoms with E-state index in [0.717, 1.165) is 0 Å². The van der Waals surface area contributed by atoms with Crippen LogP contribution in [0.4, 0.5) is 29.2 Å². The van der Waals surface area contributed by atoms with E-state index in [1.54, 1.807) is 6.07 Å². The monoisotopic (exact) mass is 341 g/mol. The fourth-order valence-corrected chi connectivity index (χ4v) is 2.33. The number of hydrogen-bond donors (Lipinski definition) is 1. The lowest BCUT2D eigenvalue weighted by Crippen LogP contribution is -2.03. The van der Waals surface area contributed by atoms with Crippen LogP contribution < -0.4 is 5.32 Å². The van der Waals surface area contributed by atoms with E-state index in [9.17, 15) is 17.6 Å². The molecule has 0 fully saturated rings. The third-order valence-corrected chi connectivity index (χ3v) is 3.70. The van der Waals surface area contributed by atoms with Gasteiger partial charge in [0.1, 0.15) is 5.82 Å². The lowest BCUT2D eigenvalue weighted by atomic mass is 10.3. The van der Waals surface area contributed by atoms with Crippen LogP contribution in [0.2, 0.25) is 0 Å². The van der Waals surface area contributed by atoms with E-state index in [2.05, 4.69) is 25.5 Å². The molecule has 1 aromatic carbocycles. The molecule has 0 aliphatic carbocycles. The summed E-state index contributed by atoms with van der Waals surface area (Å²) in [4.78, 5) is 7.86. The standard InChI is InChI=1S/C13H7F4N5S/c14-8-3-1-2-4-9(8)20-12-18-5-7(6-19-12)10-21-22-11(23-10)13(15,16)17/h1-6H,(H,18,19,20).